The minimum Gasteiger partial charge on any atom is -0.506 e. The maximum absolute atomic E-state index is 10.0. The molecule has 0 aromatic heterocycles. The smallest absolute Gasteiger partial charge is 0.139 e. The molecule has 1 fully saturated rings. The second kappa shape index (κ2) is 6.08. The van der Waals surface area contributed by atoms with Gasteiger partial charge in [-0.15, -0.1) is 0 Å². The van der Waals surface area contributed by atoms with Gasteiger partial charge in [0.2, 0.25) is 0 Å². The van der Waals surface area contributed by atoms with Gasteiger partial charge in [0.05, 0.1) is 17.7 Å². The van der Waals surface area contributed by atoms with Crippen molar-refractivity contribution in [1.82, 2.24) is 10.2 Å². The molecule has 1 aromatic rings. The molecule has 6 heteroatoms. The number of benzene rings is 1. The maximum atomic E-state index is 10.0. The van der Waals surface area contributed by atoms with Gasteiger partial charge < -0.3 is 15.5 Å². The van der Waals surface area contributed by atoms with E-state index in [0.29, 0.717) is 10.6 Å². The summed E-state index contributed by atoms with van der Waals surface area (Å²) in [6.45, 7) is 3.28. The van der Waals surface area contributed by atoms with E-state index in [1.807, 2.05) is 0 Å². The van der Waals surface area contributed by atoms with Crippen molar-refractivity contribution in [2.45, 2.75) is 6.04 Å². The molecule has 0 unspecified atom stereocenters. The summed E-state index contributed by atoms with van der Waals surface area (Å²) in [5.74, 6) is -0.00125. The highest BCUT2D eigenvalue weighted by Gasteiger charge is 2.25. The lowest BCUT2D eigenvalue weighted by Crippen LogP contribution is -2.46. The third kappa shape index (κ3) is 2.90. The van der Waals surface area contributed by atoms with Crippen LogP contribution in [-0.4, -0.2) is 47.9 Å². The Morgan fingerprint density at radius 1 is 1.28 bits per heavy atom. The van der Waals surface area contributed by atoms with Crippen LogP contribution in [-0.2, 0) is 0 Å². The Hall–Kier alpha value is -0.520. The zero-order valence-electron chi connectivity index (χ0n) is 9.87. The van der Waals surface area contributed by atoms with E-state index < -0.39 is 0 Å². The van der Waals surface area contributed by atoms with Gasteiger partial charge in [0.25, 0.3) is 0 Å². The highest BCUT2D eigenvalue weighted by atomic mass is 35.5. The quantitative estimate of drug-likeness (QED) is 0.792. The summed E-state index contributed by atoms with van der Waals surface area (Å²) >= 11 is 11.9. The minimum atomic E-state index is -0.275. The summed E-state index contributed by atoms with van der Waals surface area (Å²) in [5, 5.41) is 23.5. The molecule has 0 bridgehead atoms. The van der Waals surface area contributed by atoms with E-state index in [-0.39, 0.29) is 23.4 Å². The van der Waals surface area contributed by atoms with E-state index in [0.717, 1.165) is 26.2 Å². The molecule has 0 saturated carbocycles. The number of hydrogen-bond acceptors (Lipinski definition) is 4. The molecule has 1 aliphatic rings. The molecule has 1 heterocycles. The third-order valence-corrected chi connectivity index (χ3v) is 3.69. The van der Waals surface area contributed by atoms with E-state index in [4.69, 9.17) is 23.2 Å². The van der Waals surface area contributed by atoms with Crippen LogP contribution in [0.25, 0.3) is 0 Å². The van der Waals surface area contributed by atoms with Crippen molar-refractivity contribution in [3.8, 4) is 5.75 Å². The molecule has 1 aliphatic heterocycles. The van der Waals surface area contributed by atoms with Crippen LogP contribution in [0.5, 0.6) is 5.75 Å². The van der Waals surface area contributed by atoms with E-state index in [2.05, 4.69) is 10.2 Å². The number of aromatic hydroxyl groups is 1. The van der Waals surface area contributed by atoms with Gasteiger partial charge in [-0.1, -0.05) is 23.2 Å². The Balaban J connectivity index is 2.31. The van der Waals surface area contributed by atoms with Crippen LogP contribution >= 0.6 is 23.2 Å². The molecule has 18 heavy (non-hydrogen) atoms. The van der Waals surface area contributed by atoms with Crippen molar-refractivity contribution in [3.63, 3.8) is 0 Å². The summed E-state index contributed by atoms with van der Waals surface area (Å²) in [4.78, 5) is 2.11. The van der Waals surface area contributed by atoms with Gasteiger partial charge in [0, 0.05) is 36.8 Å². The average Bonchev–Trinajstić information content (AvgIpc) is 2.37. The molecule has 0 spiro atoms. The lowest BCUT2D eigenvalue weighted by molar-refractivity contribution is 0.109. The maximum Gasteiger partial charge on any atom is 0.139 e. The van der Waals surface area contributed by atoms with Crippen LogP contribution in [0, 0.1) is 0 Å². The van der Waals surface area contributed by atoms with Crippen LogP contribution in [0.15, 0.2) is 12.1 Å². The van der Waals surface area contributed by atoms with Crippen molar-refractivity contribution in [3.05, 3.63) is 27.7 Å². The van der Waals surface area contributed by atoms with Crippen LogP contribution in [0.2, 0.25) is 10.0 Å². The van der Waals surface area contributed by atoms with Crippen molar-refractivity contribution < 1.29 is 10.2 Å². The number of phenols is 1. The van der Waals surface area contributed by atoms with E-state index >= 15 is 0 Å². The van der Waals surface area contributed by atoms with Gasteiger partial charge in [-0.3, -0.25) is 4.90 Å². The lowest BCUT2D eigenvalue weighted by atomic mass is 10.0. The summed E-state index contributed by atoms with van der Waals surface area (Å²) in [7, 11) is 0. The van der Waals surface area contributed by atoms with Crippen LogP contribution in [0.3, 0.4) is 0 Å². The Labute approximate surface area is 116 Å². The molecule has 3 N–H and O–H groups in total. The number of halogens is 2. The summed E-state index contributed by atoms with van der Waals surface area (Å²) in [6, 6.07) is 2.88. The zero-order valence-corrected chi connectivity index (χ0v) is 11.4. The van der Waals surface area contributed by atoms with E-state index in [9.17, 15) is 10.2 Å². The fraction of sp³-hybridized carbons (Fsp3) is 0.500. The Morgan fingerprint density at radius 3 is 2.56 bits per heavy atom. The summed E-state index contributed by atoms with van der Waals surface area (Å²) < 4.78 is 0. The largest absolute Gasteiger partial charge is 0.506 e. The third-order valence-electron chi connectivity index (χ3n) is 3.18. The molecule has 0 aliphatic carbocycles. The molecule has 2 rings (SSSR count). The molecular formula is C12H16Cl2N2O2. The number of aliphatic hydroxyl groups is 1. The van der Waals surface area contributed by atoms with Crippen LogP contribution in [0.1, 0.15) is 11.6 Å². The standard InChI is InChI=1S/C12H16Cl2N2O2/c13-8-5-9(12(18)10(14)6-8)11(7-17)16-3-1-15-2-4-16/h5-6,11,15,17-18H,1-4,7H2/t11-/m1/s1. The van der Waals surface area contributed by atoms with Gasteiger partial charge in [0.1, 0.15) is 5.75 Å². The highest BCUT2D eigenvalue weighted by Crippen LogP contribution is 2.36. The topological polar surface area (TPSA) is 55.7 Å². The number of phenolic OH excluding ortho intramolecular Hbond substituents is 1. The van der Waals surface area contributed by atoms with Crippen molar-refractivity contribution in [1.29, 1.82) is 0 Å². The number of aliphatic hydroxyl groups excluding tert-OH is 1. The Morgan fingerprint density at radius 2 is 1.94 bits per heavy atom. The Kier molecular flexibility index (Phi) is 4.70. The number of piperazine rings is 1. The average molecular weight is 291 g/mol. The van der Waals surface area contributed by atoms with E-state index in [1.54, 1.807) is 6.07 Å². The molecule has 100 valence electrons. The normalized spacial score (nSPS) is 18.8. The summed E-state index contributed by atoms with van der Waals surface area (Å²) in [5.41, 5.74) is 0.580. The van der Waals surface area contributed by atoms with Crippen molar-refractivity contribution in [2.75, 3.05) is 32.8 Å². The number of nitrogens with zero attached hydrogens (tertiary/aromatic N) is 1. The molecule has 0 amide bonds. The fourth-order valence-corrected chi connectivity index (χ4v) is 2.75. The van der Waals surface area contributed by atoms with Gasteiger partial charge in [0.15, 0.2) is 0 Å². The Bertz CT molecular complexity index is 423. The summed E-state index contributed by atoms with van der Waals surface area (Å²) in [6.07, 6.45) is 0. The lowest BCUT2D eigenvalue weighted by Gasteiger charge is -2.34. The predicted octanol–water partition coefficient (Wildman–Crippen LogP) is 1.64. The second-order valence-corrected chi connectivity index (χ2v) is 5.15. The van der Waals surface area contributed by atoms with Crippen LogP contribution < -0.4 is 5.32 Å². The first-order valence-electron chi connectivity index (χ1n) is 5.87. The second-order valence-electron chi connectivity index (χ2n) is 4.31. The van der Waals surface area contributed by atoms with Gasteiger partial charge in [-0.2, -0.15) is 0 Å². The van der Waals surface area contributed by atoms with Crippen LogP contribution in [0.4, 0.5) is 0 Å². The molecule has 1 atom stereocenters. The van der Waals surface area contributed by atoms with Gasteiger partial charge in [-0.05, 0) is 12.1 Å². The number of hydrogen-bond donors (Lipinski definition) is 3. The van der Waals surface area contributed by atoms with Gasteiger partial charge in [-0.25, -0.2) is 0 Å². The molecule has 1 aromatic carbocycles. The molecule has 0 radical (unpaired) electrons. The number of nitrogens with one attached hydrogen (secondary N) is 1. The van der Waals surface area contributed by atoms with Crippen molar-refractivity contribution >= 4 is 23.2 Å². The molecular weight excluding hydrogens is 275 g/mol. The molecule has 1 saturated heterocycles. The first-order chi connectivity index (χ1) is 8.63. The first-order valence-corrected chi connectivity index (χ1v) is 6.62. The monoisotopic (exact) mass is 290 g/mol. The van der Waals surface area contributed by atoms with E-state index in [1.165, 1.54) is 6.07 Å². The first kappa shape index (κ1) is 13.9. The number of rotatable bonds is 3. The SMILES string of the molecule is OC[C@H](c1cc(Cl)cc(Cl)c1O)N1CCNCC1. The minimum absolute atomic E-state index is 0.00125. The predicted molar refractivity (Wildman–Crippen MR) is 72.4 cm³/mol. The zero-order chi connectivity index (χ0) is 13.1. The van der Waals surface area contributed by atoms with Crippen molar-refractivity contribution in [2.24, 2.45) is 0 Å². The highest BCUT2D eigenvalue weighted by molar-refractivity contribution is 6.35. The van der Waals surface area contributed by atoms with Gasteiger partial charge >= 0.3 is 0 Å². The fourth-order valence-electron chi connectivity index (χ4n) is 2.24. The molecule has 4 nitrogen and oxygen atoms in total.